The SMILES string of the molecule is CC(C)(C)C#Cc1ccc2c(c1)C1(CNC[C@@H](N)O1)c1cc(C#CC(C)(C)C)cnc1O2. The molecule has 1 unspecified atom stereocenters. The number of hydrogen-bond acceptors (Lipinski definition) is 5. The Kier molecular flexibility index (Phi) is 5.55. The van der Waals surface area contributed by atoms with Crippen molar-refractivity contribution in [2.75, 3.05) is 13.1 Å². The number of ether oxygens (including phenoxy) is 2. The second-order valence-corrected chi connectivity index (χ2v) is 10.5. The summed E-state index contributed by atoms with van der Waals surface area (Å²) in [5.41, 5.74) is 8.68. The zero-order valence-corrected chi connectivity index (χ0v) is 19.7. The van der Waals surface area contributed by atoms with Gasteiger partial charge in [-0.1, -0.05) is 23.7 Å². The molecule has 5 heteroatoms. The highest BCUT2D eigenvalue weighted by molar-refractivity contribution is 5.58. The molecule has 1 aromatic carbocycles. The first-order chi connectivity index (χ1) is 15.0. The van der Waals surface area contributed by atoms with Crippen LogP contribution in [0.5, 0.6) is 11.6 Å². The Morgan fingerprint density at radius 1 is 1.00 bits per heavy atom. The van der Waals surface area contributed by atoms with Crippen molar-refractivity contribution in [1.29, 1.82) is 0 Å². The van der Waals surface area contributed by atoms with E-state index in [9.17, 15) is 0 Å². The minimum absolute atomic E-state index is 0.0908. The van der Waals surface area contributed by atoms with Gasteiger partial charge in [0.2, 0.25) is 5.88 Å². The van der Waals surface area contributed by atoms with Gasteiger partial charge in [0, 0.05) is 46.8 Å². The lowest BCUT2D eigenvalue weighted by molar-refractivity contribution is -0.0974. The average molecular weight is 430 g/mol. The largest absolute Gasteiger partial charge is 0.438 e. The summed E-state index contributed by atoms with van der Waals surface area (Å²) in [7, 11) is 0. The van der Waals surface area contributed by atoms with E-state index in [-0.39, 0.29) is 10.8 Å². The van der Waals surface area contributed by atoms with Crippen LogP contribution in [0.4, 0.5) is 0 Å². The lowest BCUT2D eigenvalue weighted by atomic mass is 9.82. The number of pyridine rings is 1. The molecule has 0 radical (unpaired) electrons. The van der Waals surface area contributed by atoms with Crippen LogP contribution in [0.1, 0.15) is 63.8 Å². The fourth-order valence-electron chi connectivity index (χ4n) is 3.72. The summed E-state index contributed by atoms with van der Waals surface area (Å²) in [6.07, 6.45) is 1.28. The molecule has 1 aromatic heterocycles. The molecule has 4 rings (SSSR count). The molecule has 166 valence electrons. The van der Waals surface area contributed by atoms with Gasteiger partial charge in [-0.3, -0.25) is 0 Å². The molecular formula is C27H31N3O2. The average Bonchev–Trinajstić information content (AvgIpc) is 2.70. The lowest BCUT2D eigenvalue weighted by Gasteiger charge is -2.44. The summed E-state index contributed by atoms with van der Waals surface area (Å²) in [6.45, 7) is 13.7. The molecular weight excluding hydrogens is 398 g/mol. The highest BCUT2D eigenvalue weighted by Crippen LogP contribution is 2.49. The number of benzene rings is 1. The molecule has 0 aliphatic carbocycles. The van der Waals surface area contributed by atoms with Gasteiger partial charge in [0.25, 0.3) is 0 Å². The van der Waals surface area contributed by atoms with Crippen molar-refractivity contribution >= 4 is 0 Å². The minimum Gasteiger partial charge on any atom is -0.438 e. The summed E-state index contributed by atoms with van der Waals surface area (Å²) < 4.78 is 12.7. The normalized spacial score (nSPS) is 21.9. The Hall–Kier alpha value is -2.83. The Balaban J connectivity index is 1.87. The molecule has 0 saturated carbocycles. The molecule has 3 heterocycles. The van der Waals surface area contributed by atoms with Gasteiger partial charge in [0.05, 0.1) is 5.56 Å². The van der Waals surface area contributed by atoms with E-state index in [1.54, 1.807) is 6.20 Å². The molecule has 2 aliphatic heterocycles. The van der Waals surface area contributed by atoms with Gasteiger partial charge in [-0.05, 0) is 65.8 Å². The van der Waals surface area contributed by atoms with Crippen molar-refractivity contribution < 1.29 is 9.47 Å². The predicted molar refractivity (Wildman–Crippen MR) is 126 cm³/mol. The van der Waals surface area contributed by atoms with Gasteiger partial charge >= 0.3 is 0 Å². The van der Waals surface area contributed by atoms with Gasteiger partial charge in [0.1, 0.15) is 17.6 Å². The van der Waals surface area contributed by atoms with Crippen molar-refractivity contribution in [2.45, 2.75) is 53.4 Å². The van der Waals surface area contributed by atoms with E-state index < -0.39 is 11.8 Å². The van der Waals surface area contributed by atoms with Crippen LogP contribution in [0.2, 0.25) is 0 Å². The Labute approximate surface area is 191 Å². The summed E-state index contributed by atoms with van der Waals surface area (Å²) in [5, 5.41) is 3.42. The topological polar surface area (TPSA) is 69.4 Å². The van der Waals surface area contributed by atoms with E-state index >= 15 is 0 Å². The first-order valence-corrected chi connectivity index (χ1v) is 11.0. The maximum absolute atomic E-state index is 6.47. The molecule has 1 spiro atoms. The third kappa shape index (κ3) is 4.66. The zero-order chi connectivity index (χ0) is 23.1. The number of morpholine rings is 1. The summed E-state index contributed by atoms with van der Waals surface area (Å²) in [4.78, 5) is 4.58. The molecule has 0 bridgehead atoms. The van der Waals surface area contributed by atoms with Crippen LogP contribution >= 0.6 is 0 Å². The number of rotatable bonds is 0. The molecule has 2 aromatic rings. The maximum Gasteiger partial charge on any atom is 0.225 e. The Morgan fingerprint density at radius 3 is 2.31 bits per heavy atom. The van der Waals surface area contributed by atoms with E-state index in [1.807, 2.05) is 24.3 Å². The first-order valence-electron chi connectivity index (χ1n) is 11.0. The van der Waals surface area contributed by atoms with Gasteiger partial charge < -0.3 is 20.5 Å². The zero-order valence-electron chi connectivity index (χ0n) is 19.7. The number of aromatic nitrogens is 1. The highest BCUT2D eigenvalue weighted by atomic mass is 16.5. The Morgan fingerprint density at radius 2 is 1.66 bits per heavy atom. The van der Waals surface area contributed by atoms with Crippen LogP contribution in [0, 0.1) is 34.5 Å². The van der Waals surface area contributed by atoms with Crippen LogP contribution in [0.3, 0.4) is 0 Å². The van der Waals surface area contributed by atoms with Crippen molar-refractivity contribution in [3.05, 3.63) is 52.7 Å². The molecule has 1 fully saturated rings. The summed E-state index contributed by atoms with van der Waals surface area (Å²) in [5.74, 6) is 14.3. The minimum atomic E-state index is -0.827. The van der Waals surface area contributed by atoms with Crippen LogP contribution < -0.4 is 15.8 Å². The fraction of sp³-hybridized carbons (Fsp3) is 0.444. The third-order valence-corrected chi connectivity index (χ3v) is 5.14. The monoisotopic (exact) mass is 429 g/mol. The van der Waals surface area contributed by atoms with Crippen molar-refractivity contribution in [2.24, 2.45) is 16.6 Å². The lowest BCUT2D eigenvalue weighted by Crippen LogP contribution is -2.56. The van der Waals surface area contributed by atoms with Crippen molar-refractivity contribution in [3.63, 3.8) is 0 Å². The summed E-state index contributed by atoms with van der Waals surface area (Å²) in [6, 6.07) is 7.96. The molecule has 3 N–H and O–H groups in total. The quantitative estimate of drug-likeness (QED) is 0.616. The fourth-order valence-corrected chi connectivity index (χ4v) is 3.72. The Bertz CT molecular complexity index is 1080. The van der Waals surface area contributed by atoms with E-state index in [4.69, 9.17) is 15.2 Å². The van der Waals surface area contributed by atoms with Crippen LogP contribution in [-0.4, -0.2) is 24.3 Å². The van der Waals surface area contributed by atoms with Crippen LogP contribution in [0.15, 0.2) is 30.5 Å². The van der Waals surface area contributed by atoms with Gasteiger partial charge in [-0.2, -0.15) is 0 Å². The van der Waals surface area contributed by atoms with E-state index in [0.717, 1.165) is 22.3 Å². The second-order valence-electron chi connectivity index (χ2n) is 10.5. The number of hydrogen-bond donors (Lipinski definition) is 2. The smallest absolute Gasteiger partial charge is 0.225 e. The van der Waals surface area contributed by atoms with Crippen LogP contribution in [-0.2, 0) is 10.3 Å². The molecule has 32 heavy (non-hydrogen) atoms. The van der Waals surface area contributed by atoms with Gasteiger partial charge in [-0.25, -0.2) is 4.98 Å². The number of nitrogens with two attached hydrogens (primary N) is 1. The highest BCUT2D eigenvalue weighted by Gasteiger charge is 2.47. The first kappa shape index (κ1) is 22.4. The third-order valence-electron chi connectivity index (χ3n) is 5.14. The van der Waals surface area contributed by atoms with E-state index in [1.165, 1.54) is 0 Å². The molecule has 2 aliphatic rings. The number of nitrogens with one attached hydrogen (secondary N) is 1. The molecule has 5 nitrogen and oxygen atoms in total. The summed E-state index contributed by atoms with van der Waals surface area (Å²) >= 11 is 0. The number of nitrogens with zero attached hydrogens (tertiary/aromatic N) is 1. The van der Waals surface area contributed by atoms with Gasteiger partial charge in [0.15, 0.2) is 0 Å². The molecule has 0 amide bonds. The van der Waals surface area contributed by atoms with E-state index in [0.29, 0.717) is 24.7 Å². The van der Waals surface area contributed by atoms with E-state index in [2.05, 4.69) is 75.5 Å². The number of fused-ring (bicyclic) bond motifs is 4. The molecule has 2 atom stereocenters. The maximum atomic E-state index is 6.47. The van der Waals surface area contributed by atoms with Crippen molar-refractivity contribution in [3.8, 4) is 35.3 Å². The second kappa shape index (κ2) is 7.94. The van der Waals surface area contributed by atoms with Crippen LogP contribution in [0.25, 0.3) is 0 Å². The predicted octanol–water partition coefficient (Wildman–Crippen LogP) is 4.13. The van der Waals surface area contributed by atoms with Crippen molar-refractivity contribution in [1.82, 2.24) is 10.3 Å². The molecule has 1 saturated heterocycles. The van der Waals surface area contributed by atoms with Gasteiger partial charge in [-0.15, -0.1) is 0 Å². The standard InChI is InChI=1S/C27H31N3O2/c1-25(2,3)11-9-18-7-8-22-20(13-18)27(17-29-16-23(28)32-27)21-14-19(10-12-26(4,5)6)15-30-24(21)31-22/h7-8,13-15,23,29H,16-17,28H2,1-6H3/t23-,27?/m0/s1.